The molecule has 2 aromatic rings. The summed E-state index contributed by atoms with van der Waals surface area (Å²) in [6.45, 7) is 5.50. The summed E-state index contributed by atoms with van der Waals surface area (Å²) in [5.41, 5.74) is 2.87. The van der Waals surface area contributed by atoms with Crippen LogP contribution in [0.3, 0.4) is 0 Å². The van der Waals surface area contributed by atoms with Crippen molar-refractivity contribution in [2.45, 2.75) is 39.0 Å². The zero-order chi connectivity index (χ0) is 26.7. The minimum Gasteiger partial charge on any atom is -0.496 e. The van der Waals surface area contributed by atoms with Gasteiger partial charge in [0.25, 0.3) is 0 Å². The van der Waals surface area contributed by atoms with E-state index >= 15 is 0 Å². The Bertz CT molecular complexity index is 1270. The second-order valence-electron chi connectivity index (χ2n) is 9.01. The van der Waals surface area contributed by atoms with Crippen molar-refractivity contribution in [1.82, 2.24) is 0 Å². The third-order valence-electron chi connectivity index (χ3n) is 6.95. The van der Waals surface area contributed by atoms with Gasteiger partial charge in [0.05, 0.1) is 31.8 Å². The zero-order valence-electron chi connectivity index (χ0n) is 21.3. The molecule has 194 valence electrons. The predicted octanol–water partition coefficient (Wildman–Crippen LogP) is 5.28. The monoisotopic (exact) mass is 523 g/mol. The van der Waals surface area contributed by atoms with E-state index in [1.54, 1.807) is 58.2 Å². The number of Topliss-reactive ketones (excluding diaryl/α,β-unsaturated/α-hetero) is 1. The second-order valence-corrected chi connectivity index (χ2v) is 9.45. The quantitative estimate of drug-likeness (QED) is 0.362. The number of carbonyl (C=O) groups is 3. The molecule has 1 fully saturated rings. The van der Waals surface area contributed by atoms with Crippen LogP contribution in [0.25, 0.3) is 0 Å². The Labute approximate surface area is 221 Å². The molecule has 1 saturated carbocycles. The molecule has 1 aliphatic heterocycles. The van der Waals surface area contributed by atoms with Crippen LogP contribution in [0.15, 0.2) is 64.8 Å². The molecule has 2 aromatic carbocycles. The van der Waals surface area contributed by atoms with Crippen LogP contribution in [0, 0.1) is 11.8 Å². The van der Waals surface area contributed by atoms with Crippen LogP contribution in [0.4, 0.5) is 0 Å². The number of hydrogen-bond donors (Lipinski definition) is 0. The van der Waals surface area contributed by atoms with Crippen LogP contribution >= 0.6 is 11.6 Å². The number of halogens is 1. The van der Waals surface area contributed by atoms with Crippen molar-refractivity contribution in [3.8, 4) is 5.75 Å². The maximum Gasteiger partial charge on any atom is 0.336 e. The topological polar surface area (TPSA) is 91.3 Å². The van der Waals surface area contributed by atoms with Crippen LogP contribution in [-0.4, -0.2) is 43.8 Å². The highest BCUT2D eigenvalue weighted by Crippen LogP contribution is 2.49. The highest BCUT2D eigenvalue weighted by molar-refractivity contribution is 6.30. The first-order valence-corrected chi connectivity index (χ1v) is 12.7. The minimum absolute atomic E-state index is 0.139. The van der Waals surface area contributed by atoms with Gasteiger partial charge in [0.1, 0.15) is 11.7 Å². The van der Waals surface area contributed by atoms with E-state index in [0.29, 0.717) is 34.2 Å². The highest BCUT2D eigenvalue weighted by atomic mass is 35.5. The Morgan fingerprint density at radius 3 is 2.32 bits per heavy atom. The van der Waals surface area contributed by atoms with Crippen LogP contribution in [-0.2, 0) is 23.9 Å². The van der Waals surface area contributed by atoms with Crippen molar-refractivity contribution >= 4 is 35.0 Å². The highest BCUT2D eigenvalue weighted by Gasteiger charge is 2.53. The summed E-state index contributed by atoms with van der Waals surface area (Å²) in [6, 6.07) is 14.4. The lowest BCUT2D eigenvalue weighted by atomic mass is 9.62. The summed E-state index contributed by atoms with van der Waals surface area (Å²) in [5, 5.41) is 0.530. The molecule has 0 saturated heterocycles. The third-order valence-corrected chi connectivity index (χ3v) is 7.20. The summed E-state index contributed by atoms with van der Waals surface area (Å²) >= 11 is 6.14. The Morgan fingerprint density at radius 1 is 1.00 bits per heavy atom. The van der Waals surface area contributed by atoms with E-state index in [2.05, 4.69) is 0 Å². The van der Waals surface area contributed by atoms with E-state index in [0.717, 1.165) is 11.1 Å². The van der Waals surface area contributed by atoms with Gasteiger partial charge in [0, 0.05) is 28.3 Å². The lowest BCUT2D eigenvalue weighted by molar-refractivity contribution is -0.153. The van der Waals surface area contributed by atoms with E-state index in [4.69, 9.17) is 30.8 Å². The van der Waals surface area contributed by atoms with Gasteiger partial charge in [-0.05, 0) is 56.5 Å². The first kappa shape index (κ1) is 26.6. The van der Waals surface area contributed by atoms with Gasteiger partial charge in [0.15, 0.2) is 5.78 Å². The van der Waals surface area contributed by atoms with Gasteiger partial charge < -0.3 is 14.2 Å². The first-order valence-electron chi connectivity index (χ1n) is 12.4. The van der Waals surface area contributed by atoms with Crippen molar-refractivity contribution in [2.24, 2.45) is 16.8 Å². The number of ether oxygens (including phenoxy) is 3. The molecule has 1 heterocycles. The predicted molar refractivity (Wildman–Crippen MR) is 140 cm³/mol. The van der Waals surface area contributed by atoms with Crippen LogP contribution in [0.1, 0.15) is 50.2 Å². The SMILES string of the molecule is CCOC(=O)C1=C(C)N=C2C[C@@H](c3ccccc3OC)[C@H](C(=O)OCC)C(=O)C2[C@@H]1c1ccc(Cl)cc1. The maximum atomic E-state index is 14.3. The Balaban J connectivity index is 1.91. The van der Waals surface area contributed by atoms with Crippen LogP contribution in [0.2, 0.25) is 5.02 Å². The van der Waals surface area contributed by atoms with Gasteiger partial charge in [-0.1, -0.05) is 41.9 Å². The minimum atomic E-state index is -1.09. The van der Waals surface area contributed by atoms with E-state index < -0.39 is 35.6 Å². The number of benzene rings is 2. The maximum absolute atomic E-state index is 14.3. The van der Waals surface area contributed by atoms with Gasteiger partial charge in [-0.25, -0.2) is 4.79 Å². The molecule has 8 heteroatoms. The van der Waals surface area contributed by atoms with Gasteiger partial charge >= 0.3 is 11.9 Å². The van der Waals surface area contributed by atoms with Crippen LogP contribution < -0.4 is 4.74 Å². The van der Waals surface area contributed by atoms with Crippen LogP contribution in [0.5, 0.6) is 5.75 Å². The lowest BCUT2D eigenvalue weighted by Crippen LogP contribution is -2.48. The molecule has 0 bridgehead atoms. The second kappa shape index (κ2) is 11.3. The van der Waals surface area contributed by atoms with Crippen molar-refractivity contribution in [2.75, 3.05) is 20.3 Å². The molecule has 7 nitrogen and oxygen atoms in total. The third kappa shape index (κ3) is 5.05. The number of aliphatic imine (C=N–C) groups is 1. The number of hydrogen-bond acceptors (Lipinski definition) is 7. The number of rotatable bonds is 7. The lowest BCUT2D eigenvalue weighted by Gasteiger charge is -2.41. The molecule has 0 spiro atoms. The average Bonchev–Trinajstić information content (AvgIpc) is 2.88. The van der Waals surface area contributed by atoms with Crippen molar-refractivity contribution in [3.05, 3.63) is 76.0 Å². The van der Waals surface area contributed by atoms with Crippen molar-refractivity contribution < 1.29 is 28.6 Å². The molecular formula is C29H30ClNO6. The summed E-state index contributed by atoms with van der Waals surface area (Å²) in [5.74, 6) is -4.00. The summed E-state index contributed by atoms with van der Waals surface area (Å²) < 4.78 is 16.3. The van der Waals surface area contributed by atoms with Crippen molar-refractivity contribution in [3.63, 3.8) is 0 Å². The number of para-hydroxylation sites is 1. The van der Waals surface area contributed by atoms with E-state index in [-0.39, 0.29) is 19.0 Å². The first-order chi connectivity index (χ1) is 17.8. The summed E-state index contributed by atoms with van der Waals surface area (Å²) in [7, 11) is 1.55. The molecule has 0 aromatic heterocycles. The normalized spacial score (nSPS) is 23.2. The number of ketones is 1. The fraction of sp³-hybridized carbons (Fsp3) is 0.379. The molecule has 0 N–H and O–H groups in total. The van der Waals surface area contributed by atoms with E-state index in [1.165, 1.54) is 0 Å². The van der Waals surface area contributed by atoms with E-state index in [1.807, 2.05) is 18.2 Å². The van der Waals surface area contributed by atoms with E-state index in [9.17, 15) is 14.4 Å². The van der Waals surface area contributed by atoms with Gasteiger partial charge in [-0.2, -0.15) is 0 Å². The Kier molecular flexibility index (Phi) is 8.13. The molecule has 2 aliphatic rings. The smallest absolute Gasteiger partial charge is 0.336 e. The Hall–Kier alpha value is -3.45. The molecule has 4 atom stereocenters. The molecule has 37 heavy (non-hydrogen) atoms. The molecular weight excluding hydrogens is 494 g/mol. The average molecular weight is 524 g/mol. The van der Waals surface area contributed by atoms with Gasteiger partial charge in [-0.15, -0.1) is 0 Å². The fourth-order valence-corrected chi connectivity index (χ4v) is 5.58. The zero-order valence-corrected chi connectivity index (χ0v) is 22.1. The number of nitrogens with zero attached hydrogens (tertiary/aromatic N) is 1. The molecule has 0 amide bonds. The molecule has 4 rings (SSSR count). The standard InChI is InChI=1S/C29H30ClNO6/c1-5-36-28(33)23-16(3)31-21-15-20(19-9-7-8-10-22(19)35-4)25(29(34)37-6-2)27(32)26(21)24(23)17-11-13-18(30)14-12-17/h7-14,20,24-26H,5-6,15H2,1-4H3/t20-,24+,25-,26?/m0/s1. The summed E-state index contributed by atoms with van der Waals surface area (Å²) in [6.07, 6.45) is 0.331. The molecule has 0 radical (unpaired) electrons. The molecule has 1 unspecified atom stereocenters. The number of allylic oxidation sites excluding steroid dienone is 1. The molecule has 1 aliphatic carbocycles. The fourth-order valence-electron chi connectivity index (χ4n) is 5.45. The number of fused-ring (bicyclic) bond motifs is 1. The van der Waals surface area contributed by atoms with Crippen molar-refractivity contribution in [1.29, 1.82) is 0 Å². The number of carbonyl (C=O) groups excluding carboxylic acids is 3. The largest absolute Gasteiger partial charge is 0.496 e. The number of esters is 2. The van der Waals surface area contributed by atoms with Gasteiger partial charge in [0.2, 0.25) is 0 Å². The summed E-state index contributed by atoms with van der Waals surface area (Å²) in [4.78, 5) is 45.5. The Morgan fingerprint density at radius 2 is 1.68 bits per heavy atom. The number of methoxy groups -OCH3 is 1. The van der Waals surface area contributed by atoms with Gasteiger partial charge in [-0.3, -0.25) is 14.6 Å².